The summed E-state index contributed by atoms with van der Waals surface area (Å²) in [7, 11) is 0. The van der Waals surface area contributed by atoms with Gasteiger partial charge in [-0.2, -0.15) is 84.3 Å². The van der Waals surface area contributed by atoms with Crippen molar-refractivity contribution in [2.75, 3.05) is 0 Å². The lowest BCUT2D eigenvalue weighted by Gasteiger charge is -2.43. The monoisotopic (exact) mass is 637 g/mol. The normalized spacial score (nSPS) is 15.6. The van der Waals surface area contributed by atoms with Gasteiger partial charge in [0.2, 0.25) is 17.4 Å². The van der Waals surface area contributed by atoms with E-state index in [9.17, 15) is 92.2 Å². The Labute approximate surface area is 204 Å². The summed E-state index contributed by atoms with van der Waals surface area (Å²) >= 11 is 0. The highest BCUT2D eigenvalue weighted by Gasteiger charge is 2.95. The molecule has 0 aliphatic heterocycles. The van der Waals surface area contributed by atoms with Crippen molar-refractivity contribution >= 4 is 0 Å². The zero-order valence-electron chi connectivity index (χ0n) is 17.9. The predicted octanol–water partition coefficient (Wildman–Crippen LogP) is 7.89. The molecule has 1 rings (SSSR count). The van der Waals surface area contributed by atoms with Gasteiger partial charge in [0.15, 0.2) is 17.8 Å². The van der Waals surface area contributed by atoms with E-state index in [0.717, 1.165) is 0 Å². The van der Waals surface area contributed by atoms with Gasteiger partial charge in [-0.1, -0.05) is 0 Å². The lowest BCUT2D eigenvalue weighted by molar-refractivity contribution is -0.467. The fraction of sp³-hybridized carbons (Fsp3) is 0.588. The van der Waals surface area contributed by atoms with Crippen molar-refractivity contribution in [1.82, 2.24) is 0 Å². The van der Waals surface area contributed by atoms with Crippen LogP contribution in [0.5, 0.6) is 5.75 Å². The zero-order chi connectivity index (χ0) is 32.5. The van der Waals surface area contributed by atoms with Crippen molar-refractivity contribution in [1.29, 1.82) is 5.26 Å². The third kappa shape index (κ3) is 4.31. The Kier molecular flexibility index (Phi) is 8.38. The SMILES string of the molecule is CC(F)C(F)(F)C(F)(F)C(F)(F)C(F)(F)C(F)(F)C(F)(F)C(F)(F)C(F)(F)Oc1c(F)c(F)c(C#N)c(F)c1F. The summed E-state index contributed by atoms with van der Waals surface area (Å²) in [6.45, 7) is -0.770. The van der Waals surface area contributed by atoms with Gasteiger partial charge in [-0.05, 0) is 6.92 Å². The van der Waals surface area contributed by atoms with Crippen LogP contribution >= 0.6 is 0 Å². The van der Waals surface area contributed by atoms with Gasteiger partial charge in [0, 0.05) is 0 Å². The highest BCUT2D eigenvalue weighted by Crippen LogP contribution is 2.64. The van der Waals surface area contributed by atoms with E-state index in [1.165, 1.54) is 0 Å². The van der Waals surface area contributed by atoms with Gasteiger partial charge >= 0.3 is 47.6 Å². The van der Waals surface area contributed by atoms with E-state index in [0.29, 0.717) is 6.07 Å². The van der Waals surface area contributed by atoms with Gasteiger partial charge in [-0.15, -0.1) is 0 Å². The fourth-order valence-corrected chi connectivity index (χ4v) is 2.42. The second-order valence-electron chi connectivity index (χ2n) is 7.38. The summed E-state index contributed by atoms with van der Waals surface area (Å²) in [5, 5.41) is 8.27. The first kappa shape index (κ1) is 35.1. The number of alkyl halides is 17. The summed E-state index contributed by atoms with van der Waals surface area (Å²) in [5.74, 6) is -75.9. The minimum atomic E-state index is -8.99. The molecule has 0 fully saturated rings. The second kappa shape index (κ2) is 9.56. The lowest BCUT2D eigenvalue weighted by Crippen LogP contribution is -2.75. The van der Waals surface area contributed by atoms with Crippen LogP contribution in [0.4, 0.5) is 92.2 Å². The quantitative estimate of drug-likeness (QED) is 0.193. The molecule has 1 unspecified atom stereocenters. The second-order valence-corrected chi connectivity index (χ2v) is 7.38. The Bertz CT molecular complexity index is 1150. The maximum absolute atomic E-state index is 13.8. The Balaban J connectivity index is 3.80. The molecule has 0 aliphatic carbocycles. The van der Waals surface area contributed by atoms with Crippen molar-refractivity contribution in [2.24, 2.45) is 0 Å². The molecule has 40 heavy (non-hydrogen) atoms. The van der Waals surface area contributed by atoms with Crippen molar-refractivity contribution in [3.8, 4) is 11.8 Å². The van der Waals surface area contributed by atoms with Crippen molar-refractivity contribution < 1.29 is 96.9 Å². The number of hydrogen-bond donors (Lipinski definition) is 0. The molecule has 2 nitrogen and oxygen atoms in total. The highest BCUT2D eigenvalue weighted by molar-refractivity contribution is 5.41. The van der Waals surface area contributed by atoms with E-state index in [2.05, 4.69) is 4.74 Å². The van der Waals surface area contributed by atoms with Gasteiger partial charge in [-0.25, -0.2) is 13.2 Å². The van der Waals surface area contributed by atoms with Crippen LogP contribution in [0.25, 0.3) is 0 Å². The summed E-state index contributed by atoms with van der Waals surface area (Å²) in [4.78, 5) is 0. The topological polar surface area (TPSA) is 33.0 Å². The summed E-state index contributed by atoms with van der Waals surface area (Å²) in [6, 6.07) is 0.337. The van der Waals surface area contributed by atoms with Crippen LogP contribution in [0.3, 0.4) is 0 Å². The van der Waals surface area contributed by atoms with Gasteiger partial charge in [-0.3, -0.25) is 0 Å². The molecule has 0 amide bonds. The first-order valence-corrected chi connectivity index (χ1v) is 9.00. The maximum Gasteiger partial charge on any atom is 0.471 e. The standard InChI is InChI=1S/C17H4F21NO/c1-3(18)10(23,24)11(25,26)12(27,28)13(29,30)14(31,32)15(33,34)16(35,36)17(37,38)40-9-7(21)5(19)4(2-39)6(20)8(9)22/h3H,1H3. The molecule has 1 atom stereocenters. The average molecular weight is 637 g/mol. The number of rotatable bonds is 10. The number of nitriles is 1. The molecule has 0 aromatic heterocycles. The van der Waals surface area contributed by atoms with Crippen LogP contribution in [-0.2, 0) is 0 Å². The van der Waals surface area contributed by atoms with E-state index in [1.54, 1.807) is 0 Å². The first-order chi connectivity index (χ1) is 17.4. The van der Waals surface area contributed by atoms with Crippen molar-refractivity contribution in [2.45, 2.75) is 60.7 Å². The van der Waals surface area contributed by atoms with Gasteiger partial charge in [0.05, 0.1) is 0 Å². The molecule has 0 saturated heterocycles. The summed E-state index contributed by atoms with van der Waals surface area (Å²) in [5.41, 5.74) is -2.35. The average Bonchev–Trinajstić information content (AvgIpc) is 2.79. The highest BCUT2D eigenvalue weighted by atomic mass is 19.4. The summed E-state index contributed by atoms with van der Waals surface area (Å²) < 4.78 is 286. The number of nitrogens with zero attached hydrogens (tertiary/aromatic N) is 1. The van der Waals surface area contributed by atoms with E-state index >= 15 is 0 Å². The lowest BCUT2D eigenvalue weighted by atomic mass is 9.88. The molecule has 0 heterocycles. The van der Waals surface area contributed by atoms with Crippen LogP contribution in [0.1, 0.15) is 12.5 Å². The van der Waals surface area contributed by atoms with Crippen LogP contribution in [0, 0.1) is 34.6 Å². The van der Waals surface area contributed by atoms with Crippen molar-refractivity contribution in [3.63, 3.8) is 0 Å². The van der Waals surface area contributed by atoms with Crippen LogP contribution in [0.15, 0.2) is 0 Å². The Hall–Kier alpha value is -2.96. The molecule has 0 radical (unpaired) electrons. The van der Waals surface area contributed by atoms with Crippen LogP contribution < -0.4 is 4.74 Å². The number of hydrogen-bond acceptors (Lipinski definition) is 2. The molecule has 0 spiro atoms. The zero-order valence-corrected chi connectivity index (χ0v) is 17.9. The van der Waals surface area contributed by atoms with Crippen LogP contribution in [-0.4, -0.2) is 53.7 Å². The van der Waals surface area contributed by atoms with E-state index < -0.39 is 95.2 Å². The van der Waals surface area contributed by atoms with E-state index in [-0.39, 0.29) is 0 Å². The number of halogens is 21. The van der Waals surface area contributed by atoms with Gasteiger partial charge < -0.3 is 4.74 Å². The summed E-state index contributed by atoms with van der Waals surface area (Å²) in [6.07, 6.45) is -12.5. The molecular weight excluding hydrogens is 633 g/mol. The third-order valence-electron chi connectivity index (χ3n) is 4.82. The maximum atomic E-state index is 13.8. The fourth-order valence-electron chi connectivity index (χ4n) is 2.42. The van der Waals surface area contributed by atoms with Gasteiger partial charge in [0.25, 0.3) is 0 Å². The molecule has 0 aliphatic rings. The molecule has 1 aromatic rings. The first-order valence-electron chi connectivity index (χ1n) is 9.00. The van der Waals surface area contributed by atoms with Crippen molar-refractivity contribution in [3.05, 3.63) is 28.8 Å². The molecule has 1 aromatic carbocycles. The minimum absolute atomic E-state index is 0.337. The number of benzene rings is 1. The van der Waals surface area contributed by atoms with Crippen LogP contribution in [0.2, 0.25) is 0 Å². The molecule has 0 bridgehead atoms. The molecular formula is C17H4F21NO. The largest absolute Gasteiger partial charge is 0.471 e. The Morgan fingerprint density at radius 1 is 0.550 bits per heavy atom. The molecule has 23 heteroatoms. The van der Waals surface area contributed by atoms with E-state index in [4.69, 9.17) is 5.26 Å². The van der Waals surface area contributed by atoms with E-state index in [1.807, 2.05) is 0 Å². The smallest absolute Gasteiger partial charge is 0.421 e. The third-order valence-corrected chi connectivity index (χ3v) is 4.82. The minimum Gasteiger partial charge on any atom is -0.421 e. The van der Waals surface area contributed by atoms with Gasteiger partial charge in [0.1, 0.15) is 11.6 Å². The Morgan fingerprint density at radius 2 is 0.850 bits per heavy atom. The molecule has 0 saturated carbocycles. The molecule has 0 N–H and O–H groups in total. The number of ether oxygens (including phenoxy) is 1. The predicted molar refractivity (Wildman–Crippen MR) is 81.8 cm³/mol. The molecule has 230 valence electrons. The Morgan fingerprint density at radius 3 is 1.15 bits per heavy atom.